The molecule has 1 aromatic carbocycles. The molecule has 9 heteroatoms. The summed E-state index contributed by atoms with van der Waals surface area (Å²) in [6, 6.07) is 4.68. The van der Waals surface area contributed by atoms with Gasteiger partial charge >= 0.3 is 18.4 Å². The van der Waals surface area contributed by atoms with Crippen molar-refractivity contribution in [3.05, 3.63) is 29.8 Å². The number of hydrogen-bond donors (Lipinski definition) is 2. The Morgan fingerprint density at radius 3 is 2.42 bits per heavy atom. The Hall–Kier alpha value is -2.45. The van der Waals surface area contributed by atoms with E-state index in [2.05, 4.69) is 10.1 Å². The number of halogens is 3. The Morgan fingerprint density at radius 1 is 1.23 bits per heavy atom. The summed E-state index contributed by atoms with van der Waals surface area (Å²) in [5, 5.41) is 11.4. The second-order valence-corrected chi connectivity index (χ2v) is 6.67. The molecular formula is C17H22F3NO5. The molecule has 0 saturated carbocycles. The van der Waals surface area contributed by atoms with Gasteiger partial charge in [0, 0.05) is 12.5 Å². The Labute approximate surface area is 149 Å². The standard InChI is InChI=1S/C17H22F3NO5/c1-16(2,3)26-15(24)21-12(7-8-14(22)23)9-11-5-4-6-13(10-11)25-17(18,19)20/h4-6,10,12H,7-9H2,1-3H3,(H,21,24)(H,22,23). The van der Waals surface area contributed by atoms with Gasteiger partial charge < -0.3 is 19.9 Å². The van der Waals surface area contributed by atoms with Crippen molar-refractivity contribution in [2.45, 2.75) is 58.0 Å². The van der Waals surface area contributed by atoms with Gasteiger partial charge in [0.2, 0.25) is 0 Å². The van der Waals surface area contributed by atoms with E-state index in [1.807, 2.05) is 0 Å². The van der Waals surface area contributed by atoms with Crippen molar-refractivity contribution in [3.8, 4) is 5.75 Å². The fourth-order valence-electron chi connectivity index (χ4n) is 2.15. The Balaban J connectivity index is 2.83. The molecule has 0 aliphatic rings. The van der Waals surface area contributed by atoms with Crippen molar-refractivity contribution in [3.63, 3.8) is 0 Å². The molecule has 1 unspecified atom stereocenters. The van der Waals surface area contributed by atoms with E-state index in [1.165, 1.54) is 12.1 Å². The van der Waals surface area contributed by atoms with Gasteiger partial charge in [-0.25, -0.2) is 4.79 Å². The molecule has 1 aromatic rings. The molecule has 0 heterocycles. The predicted octanol–water partition coefficient (Wildman–Crippen LogP) is 3.89. The molecule has 0 aromatic heterocycles. The Morgan fingerprint density at radius 2 is 1.88 bits per heavy atom. The minimum absolute atomic E-state index is 0.0962. The van der Waals surface area contributed by atoms with Crippen molar-refractivity contribution in [2.75, 3.05) is 0 Å². The fraction of sp³-hybridized carbons (Fsp3) is 0.529. The molecule has 0 aliphatic heterocycles. The van der Waals surface area contributed by atoms with Crippen LogP contribution in [0.25, 0.3) is 0 Å². The SMILES string of the molecule is CC(C)(C)OC(=O)NC(CCC(=O)O)Cc1cccc(OC(F)(F)F)c1. The number of carboxylic acid groups (broad SMARTS) is 1. The smallest absolute Gasteiger partial charge is 0.481 e. The van der Waals surface area contributed by atoms with Crippen LogP contribution >= 0.6 is 0 Å². The van der Waals surface area contributed by atoms with Gasteiger partial charge in [0.25, 0.3) is 0 Å². The summed E-state index contributed by atoms with van der Waals surface area (Å²) < 4.78 is 45.9. The number of nitrogens with one attached hydrogen (secondary N) is 1. The number of rotatable bonds is 7. The first kappa shape index (κ1) is 21.6. The quantitative estimate of drug-likeness (QED) is 0.753. The van der Waals surface area contributed by atoms with Gasteiger partial charge in [-0.2, -0.15) is 0 Å². The molecule has 6 nitrogen and oxygen atoms in total. The van der Waals surface area contributed by atoms with Gasteiger partial charge in [0.1, 0.15) is 11.4 Å². The topological polar surface area (TPSA) is 84.9 Å². The molecule has 1 rings (SSSR count). The lowest BCUT2D eigenvalue weighted by molar-refractivity contribution is -0.274. The number of benzene rings is 1. The van der Waals surface area contributed by atoms with E-state index < -0.39 is 30.1 Å². The highest BCUT2D eigenvalue weighted by atomic mass is 19.4. The normalized spacial score (nSPS) is 13.0. The van der Waals surface area contributed by atoms with E-state index in [4.69, 9.17) is 9.84 Å². The molecule has 0 saturated heterocycles. The molecule has 0 spiro atoms. The summed E-state index contributed by atoms with van der Waals surface area (Å²) in [6.07, 6.45) is -5.52. The maximum absolute atomic E-state index is 12.3. The summed E-state index contributed by atoms with van der Waals surface area (Å²) in [5.74, 6) is -1.43. The van der Waals surface area contributed by atoms with E-state index in [0.29, 0.717) is 5.56 Å². The van der Waals surface area contributed by atoms with Crippen LogP contribution in [0.5, 0.6) is 5.75 Å². The van der Waals surface area contributed by atoms with Crippen molar-refractivity contribution >= 4 is 12.1 Å². The first-order valence-corrected chi connectivity index (χ1v) is 7.90. The Bertz CT molecular complexity index is 626. The molecule has 0 radical (unpaired) electrons. The van der Waals surface area contributed by atoms with Crippen LogP contribution in [-0.4, -0.2) is 35.2 Å². The van der Waals surface area contributed by atoms with Gasteiger partial charge in [-0.3, -0.25) is 4.79 Å². The van der Waals surface area contributed by atoms with E-state index in [1.54, 1.807) is 26.8 Å². The second kappa shape index (κ2) is 8.77. The van der Waals surface area contributed by atoms with Crippen LogP contribution in [0.3, 0.4) is 0 Å². The maximum Gasteiger partial charge on any atom is 0.573 e. The van der Waals surface area contributed by atoms with Crippen LogP contribution in [0.4, 0.5) is 18.0 Å². The summed E-state index contributed by atoms with van der Waals surface area (Å²) in [4.78, 5) is 22.7. The predicted molar refractivity (Wildman–Crippen MR) is 86.9 cm³/mol. The van der Waals surface area contributed by atoms with Gasteiger partial charge in [-0.15, -0.1) is 13.2 Å². The van der Waals surface area contributed by atoms with Gasteiger partial charge in [-0.05, 0) is 51.3 Å². The molecular weight excluding hydrogens is 355 g/mol. The molecule has 0 fully saturated rings. The maximum atomic E-state index is 12.3. The number of carbonyl (C=O) groups is 2. The second-order valence-electron chi connectivity index (χ2n) is 6.67. The van der Waals surface area contributed by atoms with E-state index in [0.717, 1.165) is 6.07 Å². The lowest BCUT2D eigenvalue weighted by Gasteiger charge is -2.23. The minimum atomic E-state index is -4.81. The first-order valence-electron chi connectivity index (χ1n) is 7.90. The zero-order chi connectivity index (χ0) is 20.0. The van der Waals surface area contributed by atoms with Crippen molar-refractivity contribution < 1.29 is 37.3 Å². The lowest BCUT2D eigenvalue weighted by atomic mass is 10.0. The van der Waals surface area contributed by atoms with Gasteiger partial charge in [-0.1, -0.05) is 12.1 Å². The van der Waals surface area contributed by atoms with Crippen molar-refractivity contribution in [2.24, 2.45) is 0 Å². The van der Waals surface area contributed by atoms with Crippen LogP contribution in [0.2, 0.25) is 0 Å². The van der Waals surface area contributed by atoms with Crippen molar-refractivity contribution in [1.82, 2.24) is 5.32 Å². The number of hydrogen-bond acceptors (Lipinski definition) is 4. The first-order chi connectivity index (χ1) is 11.8. The highest BCUT2D eigenvalue weighted by molar-refractivity contribution is 5.69. The summed E-state index contributed by atoms with van der Waals surface area (Å²) >= 11 is 0. The zero-order valence-electron chi connectivity index (χ0n) is 14.7. The van der Waals surface area contributed by atoms with Gasteiger partial charge in [0.05, 0.1) is 0 Å². The third-order valence-electron chi connectivity index (χ3n) is 3.04. The third kappa shape index (κ3) is 9.75. The highest BCUT2D eigenvalue weighted by Gasteiger charge is 2.31. The van der Waals surface area contributed by atoms with Gasteiger partial charge in [0.15, 0.2) is 0 Å². The monoisotopic (exact) mass is 377 g/mol. The summed E-state index contributed by atoms with van der Waals surface area (Å²) in [5.41, 5.74) is -0.278. The number of aliphatic carboxylic acids is 1. The molecule has 146 valence electrons. The summed E-state index contributed by atoms with van der Waals surface area (Å²) in [6.45, 7) is 5.03. The highest BCUT2D eigenvalue weighted by Crippen LogP contribution is 2.24. The lowest BCUT2D eigenvalue weighted by Crippen LogP contribution is -2.40. The number of amides is 1. The largest absolute Gasteiger partial charge is 0.573 e. The number of ether oxygens (including phenoxy) is 2. The van der Waals surface area contributed by atoms with Crippen LogP contribution in [0.1, 0.15) is 39.2 Å². The molecule has 0 bridgehead atoms. The van der Waals surface area contributed by atoms with E-state index in [-0.39, 0.29) is 25.0 Å². The fourth-order valence-corrected chi connectivity index (χ4v) is 2.15. The molecule has 0 aliphatic carbocycles. The minimum Gasteiger partial charge on any atom is -0.481 e. The number of carboxylic acids is 1. The van der Waals surface area contributed by atoms with Crippen LogP contribution in [0, 0.1) is 0 Å². The van der Waals surface area contributed by atoms with E-state index in [9.17, 15) is 22.8 Å². The molecule has 1 atom stereocenters. The molecule has 2 N–H and O–H groups in total. The average molecular weight is 377 g/mol. The van der Waals surface area contributed by atoms with Crippen LogP contribution < -0.4 is 10.1 Å². The molecule has 26 heavy (non-hydrogen) atoms. The number of alkyl halides is 3. The van der Waals surface area contributed by atoms with Crippen molar-refractivity contribution in [1.29, 1.82) is 0 Å². The number of alkyl carbamates (subject to hydrolysis) is 1. The molecule has 1 amide bonds. The third-order valence-corrected chi connectivity index (χ3v) is 3.04. The zero-order valence-corrected chi connectivity index (χ0v) is 14.7. The van der Waals surface area contributed by atoms with Crippen LogP contribution in [0.15, 0.2) is 24.3 Å². The Kier molecular flexibility index (Phi) is 7.29. The van der Waals surface area contributed by atoms with E-state index >= 15 is 0 Å². The average Bonchev–Trinajstić information content (AvgIpc) is 2.41. The van der Waals surface area contributed by atoms with Crippen LogP contribution in [-0.2, 0) is 16.0 Å². The summed E-state index contributed by atoms with van der Waals surface area (Å²) in [7, 11) is 0. The number of carbonyl (C=O) groups excluding carboxylic acids is 1.